The first-order chi connectivity index (χ1) is 11.7. The second-order valence-corrected chi connectivity index (χ2v) is 13.3. The lowest BCUT2D eigenvalue weighted by Gasteiger charge is -2.36. The molecule has 1 atom stereocenters. The van der Waals surface area contributed by atoms with Crippen molar-refractivity contribution in [3.63, 3.8) is 0 Å². The predicted octanol–water partition coefficient (Wildman–Crippen LogP) is 6.44. The molecule has 1 unspecified atom stereocenters. The second kappa shape index (κ2) is 8.52. The Morgan fingerprint density at radius 3 is 2.44 bits per heavy atom. The maximum absolute atomic E-state index is 10.3. The van der Waals surface area contributed by atoms with E-state index in [9.17, 15) is 5.11 Å². The lowest BCUT2D eigenvalue weighted by atomic mass is 10.1. The van der Waals surface area contributed by atoms with Crippen LogP contribution in [0.3, 0.4) is 0 Å². The first kappa shape index (κ1) is 20.2. The van der Waals surface area contributed by atoms with Crippen LogP contribution in [-0.4, -0.2) is 20.0 Å². The summed E-state index contributed by atoms with van der Waals surface area (Å²) >= 11 is 0. The average molecular weight is 363 g/mol. The SMILES string of the molecule is CC(C)(C)[Si](C)(C)OCCCCCCC(O)c1cc2ccccc2o1. The lowest BCUT2D eigenvalue weighted by molar-refractivity contribution is 0.138. The van der Waals surface area contributed by atoms with Crippen LogP contribution in [0.1, 0.15) is 64.7 Å². The van der Waals surface area contributed by atoms with Gasteiger partial charge in [-0.05, 0) is 43.1 Å². The molecule has 0 aliphatic carbocycles. The van der Waals surface area contributed by atoms with Gasteiger partial charge in [0.2, 0.25) is 0 Å². The number of aliphatic hydroxyl groups is 1. The third kappa shape index (κ3) is 5.70. The summed E-state index contributed by atoms with van der Waals surface area (Å²) in [5.74, 6) is 0.683. The Hall–Kier alpha value is -1.10. The molecule has 0 saturated heterocycles. The van der Waals surface area contributed by atoms with E-state index in [1.54, 1.807) is 0 Å². The Balaban J connectivity index is 1.63. The summed E-state index contributed by atoms with van der Waals surface area (Å²) in [7, 11) is -1.60. The first-order valence-electron chi connectivity index (χ1n) is 9.51. The standard InChI is InChI=1S/C21H34O3Si/c1-21(2,3)25(4,5)23-15-11-7-6-8-13-18(22)20-16-17-12-9-10-14-19(17)24-20/h9-10,12,14,16,18,22H,6-8,11,13,15H2,1-5H3. The summed E-state index contributed by atoms with van der Waals surface area (Å²) in [6.45, 7) is 12.3. The van der Waals surface area contributed by atoms with Crippen LogP contribution in [0.15, 0.2) is 34.7 Å². The van der Waals surface area contributed by atoms with E-state index in [-0.39, 0.29) is 5.04 Å². The summed E-state index contributed by atoms with van der Waals surface area (Å²) in [5.41, 5.74) is 0.847. The van der Waals surface area contributed by atoms with E-state index < -0.39 is 14.4 Å². The van der Waals surface area contributed by atoms with Gasteiger partial charge in [0.25, 0.3) is 0 Å². The van der Waals surface area contributed by atoms with Gasteiger partial charge in [-0.3, -0.25) is 0 Å². The quantitative estimate of drug-likeness (QED) is 0.412. The zero-order chi connectivity index (χ0) is 18.5. The molecule has 0 fully saturated rings. The molecule has 1 aromatic heterocycles. The normalized spacial score (nSPS) is 14.2. The molecule has 25 heavy (non-hydrogen) atoms. The van der Waals surface area contributed by atoms with Crippen LogP contribution in [-0.2, 0) is 4.43 Å². The maximum atomic E-state index is 10.3. The lowest BCUT2D eigenvalue weighted by Crippen LogP contribution is -2.40. The van der Waals surface area contributed by atoms with Crippen molar-refractivity contribution in [2.75, 3.05) is 6.61 Å². The maximum Gasteiger partial charge on any atom is 0.191 e. The van der Waals surface area contributed by atoms with Crippen molar-refractivity contribution in [2.24, 2.45) is 0 Å². The van der Waals surface area contributed by atoms with Gasteiger partial charge < -0.3 is 13.9 Å². The van der Waals surface area contributed by atoms with E-state index in [0.29, 0.717) is 5.76 Å². The monoisotopic (exact) mass is 362 g/mol. The molecule has 1 N–H and O–H groups in total. The summed E-state index contributed by atoms with van der Waals surface area (Å²) in [5, 5.41) is 11.6. The van der Waals surface area contributed by atoms with Crippen molar-refractivity contribution in [2.45, 2.75) is 77.1 Å². The number of aliphatic hydroxyl groups excluding tert-OH is 1. The molecule has 0 spiro atoms. The Morgan fingerprint density at radius 1 is 1.08 bits per heavy atom. The van der Waals surface area contributed by atoms with Gasteiger partial charge in [-0.15, -0.1) is 0 Å². The molecular weight excluding hydrogens is 328 g/mol. The fourth-order valence-corrected chi connectivity index (χ4v) is 3.73. The third-order valence-corrected chi connectivity index (χ3v) is 9.95. The number of hydrogen-bond acceptors (Lipinski definition) is 3. The summed E-state index contributed by atoms with van der Waals surface area (Å²) < 4.78 is 11.9. The third-order valence-electron chi connectivity index (χ3n) is 5.41. The van der Waals surface area contributed by atoms with E-state index >= 15 is 0 Å². The number of fused-ring (bicyclic) bond motifs is 1. The zero-order valence-electron chi connectivity index (χ0n) is 16.5. The highest BCUT2D eigenvalue weighted by Gasteiger charge is 2.36. The number of hydrogen-bond donors (Lipinski definition) is 1. The van der Waals surface area contributed by atoms with Crippen LogP contribution in [0.25, 0.3) is 11.0 Å². The zero-order valence-corrected chi connectivity index (χ0v) is 17.5. The van der Waals surface area contributed by atoms with Gasteiger partial charge >= 0.3 is 0 Å². The fourth-order valence-electron chi connectivity index (χ4n) is 2.65. The molecule has 140 valence electrons. The van der Waals surface area contributed by atoms with E-state index in [4.69, 9.17) is 8.84 Å². The van der Waals surface area contributed by atoms with Gasteiger partial charge in [0.05, 0.1) is 0 Å². The van der Waals surface area contributed by atoms with Crippen molar-refractivity contribution < 1.29 is 13.9 Å². The van der Waals surface area contributed by atoms with Crippen molar-refractivity contribution in [3.8, 4) is 0 Å². The minimum atomic E-state index is -1.60. The molecule has 4 heteroatoms. The average Bonchev–Trinajstić information content (AvgIpc) is 2.96. The van der Waals surface area contributed by atoms with E-state index in [1.165, 1.54) is 0 Å². The largest absolute Gasteiger partial charge is 0.458 e. The molecular formula is C21H34O3Si. The Labute approximate surface area is 153 Å². The minimum absolute atomic E-state index is 0.281. The van der Waals surface area contributed by atoms with Crippen molar-refractivity contribution in [1.29, 1.82) is 0 Å². The van der Waals surface area contributed by atoms with Crippen LogP contribution >= 0.6 is 0 Å². The highest BCUT2D eigenvalue weighted by molar-refractivity contribution is 6.74. The first-order valence-corrected chi connectivity index (χ1v) is 12.4. The van der Waals surface area contributed by atoms with Gasteiger partial charge in [-0.1, -0.05) is 58.2 Å². The number of para-hydroxylation sites is 1. The van der Waals surface area contributed by atoms with Crippen LogP contribution < -0.4 is 0 Å². The van der Waals surface area contributed by atoms with Crippen LogP contribution in [0.2, 0.25) is 18.1 Å². The number of rotatable bonds is 9. The van der Waals surface area contributed by atoms with Gasteiger partial charge in [-0.25, -0.2) is 0 Å². The molecule has 2 aromatic rings. The molecule has 0 amide bonds. The Kier molecular flexibility index (Phi) is 6.89. The van der Waals surface area contributed by atoms with Crippen LogP contribution in [0.5, 0.6) is 0 Å². The second-order valence-electron chi connectivity index (χ2n) is 8.51. The highest BCUT2D eigenvalue weighted by Crippen LogP contribution is 2.36. The number of furan rings is 1. The summed E-state index contributed by atoms with van der Waals surface area (Å²) in [6.07, 6.45) is 4.64. The molecule has 0 saturated carbocycles. The smallest absolute Gasteiger partial charge is 0.191 e. The number of benzene rings is 1. The van der Waals surface area contributed by atoms with Crippen LogP contribution in [0.4, 0.5) is 0 Å². The summed E-state index contributed by atoms with van der Waals surface area (Å²) in [6, 6.07) is 9.84. The number of unbranched alkanes of at least 4 members (excludes halogenated alkanes) is 3. The highest BCUT2D eigenvalue weighted by atomic mass is 28.4. The molecule has 1 aromatic carbocycles. The molecule has 0 aliphatic heterocycles. The molecule has 0 aliphatic rings. The van der Waals surface area contributed by atoms with Crippen molar-refractivity contribution >= 4 is 19.3 Å². The topological polar surface area (TPSA) is 42.6 Å². The van der Waals surface area contributed by atoms with Gasteiger partial charge in [0.1, 0.15) is 17.4 Å². The predicted molar refractivity (Wildman–Crippen MR) is 107 cm³/mol. The fraction of sp³-hybridized carbons (Fsp3) is 0.619. The molecule has 1 heterocycles. The molecule has 3 nitrogen and oxygen atoms in total. The Bertz CT molecular complexity index is 621. The van der Waals surface area contributed by atoms with Gasteiger partial charge in [0.15, 0.2) is 8.32 Å². The minimum Gasteiger partial charge on any atom is -0.458 e. The summed E-state index contributed by atoms with van der Waals surface area (Å²) in [4.78, 5) is 0. The van der Waals surface area contributed by atoms with Gasteiger partial charge in [0, 0.05) is 12.0 Å². The van der Waals surface area contributed by atoms with E-state index in [0.717, 1.165) is 49.7 Å². The van der Waals surface area contributed by atoms with Crippen LogP contribution in [0, 0.1) is 0 Å². The Morgan fingerprint density at radius 2 is 1.76 bits per heavy atom. The van der Waals surface area contributed by atoms with Gasteiger partial charge in [-0.2, -0.15) is 0 Å². The molecule has 2 rings (SSSR count). The molecule has 0 radical (unpaired) electrons. The van der Waals surface area contributed by atoms with Crippen molar-refractivity contribution in [3.05, 3.63) is 36.1 Å². The molecule has 0 bridgehead atoms. The van der Waals surface area contributed by atoms with Crippen molar-refractivity contribution in [1.82, 2.24) is 0 Å². The van der Waals surface area contributed by atoms with E-state index in [2.05, 4.69) is 33.9 Å². The van der Waals surface area contributed by atoms with E-state index in [1.807, 2.05) is 30.3 Å².